The van der Waals surface area contributed by atoms with Crippen LogP contribution in [0.3, 0.4) is 0 Å². The topological polar surface area (TPSA) is 59.4 Å². The third-order valence-electron chi connectivity index (χ3n) is 5.07. The van der Waals surface area contributed by atoms with Crippen LogP contribution in [0.5, 0.6) is 5.75 Å². The monoisotopic (exact) mass is 340 g/mol. The number of nitrogens with zero attached hydrogens (tertiary/aromatic N) is 3. The molecule has 2 aliphatic rings. The maximum absolute atomic E-state index is 13.0. The van der Waals surface area contributed by atoms with Crippen LogP contribution in [-0.4, -0.2) is 47.3 Å². The molecule has 1 unspecified atom stereocenters. The van der Waals surface area contributed by atoms with E-state index in [-0.39, 0.29) is 11.9 Å². The fourth-order valence-electron chi connectivity index (χ4n) is 3.45. The van der Waals surface area contributed by atoms with Crippen molar-refractivity contribution in [2.75, 3.05) is 26.7 Å². The molecule has 6 heteroatoms. The minimum atomic E-state index is 0.0660. The number of carbonyl (C=O) groups is 1. The molecule has 4 rings (SSSR count). The summed E-state index contributed by atoms with van der Waals surface area (Å²) in [7, 11) is 3.53. The first kappa shape index (κ1) is 16.1. The molecule has 1 atom stereocenters. The average molecular weight is 340 g/mol. The second kappa shape index (κ2) is 6.52. The third kappa shape index (κ3) is 3.26. The number of nitrogens with one attached hydrogen (secondary N) is 1. The van der Waals surface area contributed by atoms with Crippen molar-refractivity contribution in [3.05, 3.63) is 47.3 Å². The van der Waals surface area contributed by atoms with Crippen molar-refractivity contribution in [1.29, 1.82) is 0 Å². The van der Waals surface area contributed by atoms with Crippen LogP contribution >= 0.6 is 0 Å². The van der Waals surface area contributed by atoms with E-state index in [0.29, 0.717) is 24.7 Å². The lowest BCUT2D eigenvalue weighted by molar-refractivity contribution is 0.0691. The Kier molecular flexibility index (Phi) is 4.21. The second-order valence-electron chi connectivity index (χ2n) is 6.89. The molecule has 1 N–H and O–H groups in total. The van der Waals surface area contributed by atoms with Gasteiger partial charge in [0.2, 0.25) is 0 Å². The molecule has 0 radical (unpaired) electrons. The minimum absolute atomic E-state index is 0.0660. The van der Waals surface area contributed by atoms with Crippen molar-refractivity contribution in [2.24, 2.45) is 7.05 Å². The maximum atomic E-state index is 13.0. The Morgan fingerprint density at radius 1 is 1.32 bits per heavy atom. The number of carbonyl (C=O) groups excluding carboxylic acids is 1. The lowest BCUT2D eigenvalue weighted by atomic mass is 10.0. The van der Waals surface area contributed by atoms with Gasteiger partial charge < -0.3 is 15.0 Å². The standard InChI is InChI=1S/C19H24N4O2/c1-22-18(11-16(21-22)13-6-7-13)19(24)23-9-8-20-17(12-23)14-4-3-5-15(10-14)25-2/h3-5,10-11,13,17,20H,6-9,12H2,1-2H3. The van der Waals surface area contributed by atoms with E-state index in [2.05, 4.69) is 16.5 Å². The number of methoxy groups -OCH3 is 1. The van der Waals surface area contributed by atoms with Gasteiger partial charge >= 0.3 is 0 Å². The number of benzene rings is 1. The summed E-state index contributed by atoms with van der Waals surface area (Å²) in [5.74, 6) is 1.46. The first-order valence-corrected chi connectivity index (χ1v) is 8.86. The van der Waals surface area contributed by atoms with E-state index < -0.39 is 0 Å². The predicted octanol–water partition coefficient (Wildman–Crippen LogP) is 2.09. The van der Waals surface area contributed by atoms with E-state index in [1.807, 2.05) is 36.2 Å². The fraction of sp³-hybridized carbons (Fsp3) is 0.474. The van der Waals surface area contributed by atoms with E-state index in [1.165, 1.54) is 12.8 Å². The molecule has 1 saturated carbocycles. The molecule has 1 aliphatic carbocycles. The first-order chi connectivity index (χ1) is 12.2. The van der Waals surface area contributed by atoms with Gasteiger partial charge in [-0.3, -0.25) is 9.48 Å². The summed E-state index contributed by atoms with van der Waals surface area (Å²) in [4.78, 5) is 14.9. The van der Waals surface area contributed by atoms with Gasteiger partial charge in [0.1, 0.15) is 11.4 Å². The lowest BCUT2D eigenvalue weighted by Gasteiger charge is -2.34. The molecule has 1 aromatic heterocycles. The molecular weight excluding hydrogens is 316 g/mol. The Labute approximate surface area is 147 Å². The molecule has 0 bridgehead atoms. The number of hydrogen-bond donors (Lipinski definition) is 1. The highest BCUT2D eigenvalue weighted by Crippen LogP contribution is 2.39. The highest BCUT2D eigenvalue weighted by molar-refractivity contribution is 5.93. The van der Waals surface area contributed by atoms with Crippen molar-refractivity contribution in [2.45, 2.75) is 24.8 Å². The smallest absolute Gasteiger partial charge is 0.272 e. The second-order valence-corrected chi connectivity index (χ2v) is 6.89. The molecule has 2 aromatic rings. The van der Waals surface area contributed by atoms with Gasteiger partial charge in [0, 0.05) is 32.6 Å². The van der Waals surface area contributed by atoms with Gasteiger partial charge in [-0.15, -0.1) is 0 Å². The maximum Gasteiger partial charge on any atom is 0.272 e. The van der Waals surface area contributed by atoms with Crippen molar-refractivity contribution < 1.29 is 9.53 Å². The minimum Gasteiger partial charge on any atom is -0.497 e. The quantitative estimate of drug-likeness (QED) is 0.926. The molecule has 1 aliphatic heterocycles. The summed E-state index contributed by atoms with van der Waals surface area (Å²) >= 11 is 0. The van der Waals surface area contributed by atoms with Crippen LogP contribution in [-0.2, 0) is 7.05 Å². The Hall–Kier alpha value is -2.34. The van der Waals surface area contributed by atoms with Gasteiger partial charge in [-0.1, -0.05) is 12.1 Å². The Morgan fingerprint density at radius 3 is 2.92 bits per heavy atom. The van der Waals surface area contributed by atoms with Gasteiger partial charge in [-0.25, -0.2) is 0 Å². The molecular formula is C19H24N4O2. The number of piperazine rings is 1. The first-order valence-electron chi connectivity index (χ1n) is 8.86. The van der Waals surface area contributed by atoms with Crippen molar-refractivity contribution >= 4 is 5.91 Å². The zero-order valence-corrected chi connectivity index (χ0v) is 14.7. The summed E-state index contributed by atoms with van der Waals surface area (Å²) in [6.07, 6.45) is 2.38. The Bertz CT molecular complexity index is 781. The summed E-state index contributed by atoms with van der Waals surface area (Å²) in [6.45, 7) is 2.14. The Morgan fingerprint density at radius 2 is 2.16 bits per heavy atom. The van der Waals surface area contributed by atoms with E-state index in [0.717, 1.165) is 23.6 Å². The zero-order chi connectivity index (χ0) is 17.4. The summed E-state index contributed by atoms with van der Waals surface area (Å²) in [6, 6.07) is 10.1. The highest BCUT2D eigenvalue weighted by Gasteiger charge is 2.31. The third-order valence-corrected chi connectivity index (χ3v) is 5.07. The van der Waals surface area contributed by atoms with Crippen molar-refractivity contribution in [3.63, 3.8) is 0 Å². The number of aromatic nitrogens is 2. The van der Waals surface area contributed by atoms with Crippen LogP contribution < -0.4 is 10.1 Å². The van der Waals surface area contributed by atoms with Crippen LogP contribution in [0.15, 0.2) is 30.3 Å². The van der Waals surface area contributed by atoms with Crippen molar-refractivity contribution in [1.82, 2.24) is 20.0 Å². The van der Waals surface area contributed by atoms with E-state index >= 15 is 0 Å². The van der Waals surface area contributed by atoms with Gasteiger partial charge in [0.15, 0.2) is 0 Å². The molecule has 6 nitrogen and oxygen atoms in total. The van der Waals surface area contributed by atoms with Gasteiger partial charge in [-0.2, -0.15) is 5.10 Å². The number of rotatable bonds is 4. The van der Waals surface area contributed by atoms with E-state index in [1.54, 1.807) is 11.8 Å². The summed E-state index contributed by atoms with van der Waals surface area (Å²) < 4.78 is 7.05. The Balaban J connectivity index is 1.51. The largest absolute Gasteiger partial charge is 0.497 e. The van der Waals surface area contributed by atoms with Crippen LogP contribution in [0.1, 0.15) is 46.5 Å². The molecule has 132 valence electrons. The molecule has 25 heavy (non-hydrogen) atoms. The van der Waals surface area contributed by atoms with Crippen LogP contribution in [0.25, 0.3) is 0 Å². The number of ether oxygens (including phenoxy) is 1. The van der Waals surface area contributed by atoms with E-state index in [9.17, 15) is 4.79 Å². The fourth-order valence-corrected chi connectivity index (χ4v) is 3.45. The molecule has 1 aromatic carbocycles. The SMILES string of the molecule is COc1cccc(C2CN(C(=O)c3cc(C4CC4)nn3C)CCN2)c1. The van der Waals surface area contributed by atoms with Gasteiger partial charge in [0.25, 0.3) is 5.91 Å². The number of aryl methyl sites for hydroxylation is 1. The number of amides is 1. The van der Waals surface area contributed by atoms with Crippen molar-refractivity contribution in [3.8, 4) is 5.75 Å². The zero-order valence-electron chi connectivity index (χ0n) is 14.7. The van der Waals surface area contributed by atoms with Crippen LogP contribution in [0.2, 0.25) is 0 Å². The summed E-state index contributed by atoms with van der Waals surface area (Å²) in [5, 5.41) is 8.02. The molecule has 1 amide bonds. The summed E-state index contributed by atoms with van der Waals surface area (Å²) in [5.41, 5.74) is 2.89. The van der Waals surface area contributed by atoms with Gasteiger partial charge in [-0.05, 0) is 36.6 Å². The normalized spacial score (nSPS) is 20.6. The van der Waals surface area contributed by atoms with E-state index in [4.69, 9.17) is 4.74 Å². The van der Waals surface area contributed by atoms with Crippen LogP contribution in [0, 0.1) is 0 Å². The lowest BCUT2D eigenvalue weighted by Crippen LogP contribution is -2.48. The predicted molar refractivity (Wildman–Crippen MR) is 94.8 cm³/mol. The molecule has 2 fully saturated rings. The molecule has 0 spiro atoms. The average Bonchev–Trinajstić information content (AvgIpc) is 3.43. The van der Waals surface area contributed by atoms with Gasteiger partial charge in [0.05, 0.1) is 18.8 Å². The molecule has 2 heterocycles. The molecule has 1 saturated heterocycles. The van der Waals surface area contributed by atoms with Crippen LogP contribution in [0.4, 0.5) is 0 Å². The number of hydrogen-bond acceptors (Lipinski definition) is 4. The highest BCUT2D eigenvalue weighted by atomic mass is 16.5.